The van der Waals surface area contributed by atoms with E-state index in [-0.39, 0.29) is 17.0 Å². The summed E-state index contributed by atoms with van der Waals surface area (Å²) < 4.78 is 5.14. The highest BCUT2D eigenvalue weighted by molar-refractivity contribution is 8.05. The molecule has 0 aliphatic carbocycles. The van der Waals surface area contributed by atoms with Crippen LogP contribution in [0.25, 0.3) is 6.08 Å². The van der Waals surface area contributed by atoms with Gasteiger partial charge in [0.2, 0.25) is 0 Å². The molecular formula is C19H21N3O4S. The highest BCUT2D eigenvalue weighted by Crippen LogP contribution is 2.35. The minimum atomic E-state index is -0.968. The fraction of sp³-hybridized carbons (Fsp3) is 0.211. The number of carbonyl (C=O) groups is 1. The molecule has 3 rings (SSSR count). The average Bonchev–Trinajstić information content (AvgIpc) is 2.94. The number of nitrogens with one attached hydrogen (secondary N) is 2. The molecule has 2 unspecified atom stereocenters. The standard InChI is InChI=1S/C19H21N3O4S/c1-13-21(12-20-15-5-9-17(26-2)10-6-15)19(23)18(27-13)11-14-3-7-16(8-4-14)22(24)25/h3-11,13,20,22,24H,12H2,1-2H3/b18-11+. The van der Waals surface area contributed by atoms with Crippen molar-refractivity contribution < 1.29 is 20.0 Å². The molecule has 8 heteroatoms. The third-order valence-corrected chi connectivity index (χ3v) is 5.35. The molecule has 1 aliphatic rings. The second-order valence-corrected chi connectivity index (χ2v) is 7.35. The van der Waals surface area contributed by atoms with Gasteiger partial charge in [-0.1, -0.05) is 11.8 Å². The third-order valence-electron chi connectivity index (χ3n) is 4.21. The predicted molar refractivity (Wildman–Crippen MR) is 106 cm³/mol. The van der Waals surface area contributed by atoms with Gasteiger partial charge < -0.3 is 20.2 Å². The van der Waals surface area contributed by atoms with Crippen LogP contribution in [0.2, 0.25) is 0 Å². The van der Waals surface area contributed by atoms with Crippen molar-refractivity contribution in [3.63, 3.8) is 0 Å². The summed E-state index contributed by atoms with van der Waals surface area (Å²) in [5, 5.41) is 22.2. The first-order chi connectivity index (χ1) is 13.0. The minimum absolute atomic E-state index is 0.00721. The normalized spacial score (nSPS) is 19.4. The maximum Gasteiger partial charge on any atom is 0.262 e. The summed E-state index contributed by atoms with van der Waals surface area (Å²) >= 11 is 1.49. The number of hydrogen-bond donors (Lipinski definition) is 3. The summed E-state index contributed by atoms with van der Waals surface area (Å²) in [4.78, 5) is 15.1. The van der Waals surface area contributed by atoms with Crippen LogP contribution in [0.4, 0.5) is 11.4 Å². The molecule has 0 saturated carbocycles. The summed E-state index contributed by atoms with van der Waals surface area (Å²) in [5.41, 5.74) is 1.93. The van der Waals surface area contributed by atoms with Gasteiger partial charge in [0.25, 0.3) is 5.91 Å². The second kappa shape index (κ2) is 8.45. The summed E-state index contributed by atoms with van der Waals surface area (Å²) in [6.45, 7) is 2.38. The Morgan fingerprint density at radius 1 is 1.26 bits per heavy atom. The monoisotopic (exact) mass is 387 g/mol. The number of nitrogens with zero attached hydrogens (tertiary/aromatic N) is 1. The lowest BCUT2D eigenvalue weighted by molar-refractivity contribution is -0.991. The average molecular weight is 387 g/mol. The first-order valence-corrected chi connectivity index (χ1v) is 9.26. The Kier molecular flexibility index (Phi) is 6.02. The summed E-state index contributed by atoms with van der Waals surface area (Å²) in [6.07, 6.45) is 1.79. The summed E-state index contributed by atoms with van der Waals surface area (Å²) in [5.74, 6) is 0.733. The highest BCUT2D eigenvalue weighted by Gasteiger charge is 2.32. The lowest BCUT2D eigenvalue weighted by atomic mass is 10.2. The Bertz CT molecular complexity index is 822. The van der Waals surface area contributed by atoms with Gasteiger partial charge in [0.05, 0.1) is 24.1 Å². The number of hydrogen-bond acceptors (Lipinski definition) is 6. The largest absolute Gasteiger partial charge is 0.595 e. The van der Waals surface area contributed by atoms with Gasteiger partial charge in [-0.2, -0.15) is 5.23 Å². The fourth-order valence-corrected chi connectivity index (χ4v) is 3.75. The molecule has 3 N–H and O–H groups in total. The maximum absolute atomic E-state index is 12.7. The zero-order chi connectivity index (χ0) is 19.4. The molecule has 0 radical (unpaired) electrons. The van der Waals surface area contributed by atoms with Gasteiger partial charge in [-0.3, -0.25) is 4.79 Å². The summed E-state index contributed by atoms with van der Waals surface area (Å²) in [6, 6.07) is 14.0. The van der Waals surface area contributed by atoms with E-state index in [2.05, 4.69) is 5.32 Å². The van der Waals surface area contributed by atoms with Crippen LogP contribution in [0.5, 0.6) is 5.75 Å². The number of ether oxygens (including phenoxy) is 1. The Morgan fingerprint density at radius 3 is 2.52 bits per heavy atom. The van der Waals surface area contributed by atoms with E-state index in [1.165, 1.54) is 23.9 Å². The quantitative estimate of drug-likeness (QED) is 0.521. The molecule has 2 aromatic carbocycles. The van der Waals surface area contributed by atoms with Crippen molar-refractivity contribution in [1.29, 1.82) is 0 Å². The van der Waals surface area contributed by atoms with Crippen molar-refractivity contribution in [3.05, 3.63) is 64.2 Å². The smallest absolute Gasteiger partial charge is 0.262 e. The Morgan fingerprint density at radius 2 is 1.93 bits per heavy atom. The molecule has 1 aliphatic heterocycles. The number of methoxy groups -OCH3 is 1. The van der Waals surface area contributed by atoms with E-state index >= 15 is 0 Å². The zero-order valence-electron chi connectivity index (χ0n) is 15.0. The van der Waals surface area contributed by atoms with Crippen LogP contribution in [0.3, 0.4) is 0 Å². The third kappa shape index (κ3) is 4.61. The molecule has 0 spiro atoms. The van der Waals surface area contributed by atoms with E-state index < -0.39 is 5.23 Å². The van der Waals surface area contributed by atoms with Gasteiger partial charge in [-0.05, 0) is 55.0 Å². The zero-order valence-corrected chi connectivity index (χ0v) is 15.8. The van der Waals surface area contributed by atoms with Crippen LogP contribution in [-0.2, 0) is 4.79 Å². The van der Waals surface area contributed by atoms with Gasteiger partial charge in [-0.25, -0.2) is 5.21 Å². The molecule has 2 aromatic rings. The molecule has 1 amide bonds. The molecule has 1 fully saturated rings. The molecule has 1 saturated heterocycles. The number of quaternary nitrogens is 1. The lowest BCUT2D eigenvalue weighted by Crippen LogP contribution is -2.99. The minimum Gasteiger partial charge on any atom is -0.595 e. The SMILES string of the molecule is COc1ccc(NCN2C(=O)/C(=C\c3ccc([NH+]([O-])O)cc3)SC2C)cc1. The molecule has 142 valence electrons. The summed E-state index contributed by atoms with van der Waals surface area (Å²) in [7, 11) is 1.62. The highest BCUT2D eigenvalue weighted by atomic mass is 32.2. The Hall–Kier alpha value is -2.52. The first kappa shape index (κ1) is 19.2. The van der Waals surface area contributed by atoms with Crippen LogP contribution in [0.1, 0.15) is 12.5 Å². The van der Waals surface area contributed by atoms with Crippen LogP contribution in [-0.4, -0.2) is 35.2 Å². The number of thioether (sulfide) groups is 1. The number of amides is 1. The van der Waals surface area contributed by atoms with Crippen LogP contribution >= 0.6 is 11.8 Å². The Labute approximate surface area is 161 Å². The fourth-order valence-electron chi connectivity index (χ4n) is 2.66. The van der Waals surface area contributed by atoms with Crippen LogP contribution < -0.4 is 15.3 Å². The van der Waals surface area contributed by atoms with E-state index in [4.69, 9.17) is 9.94 Å². The molecule has 27 heavy (non-hydrogen) atoms. The molecule has 0 bridgehead atoms. The Balaban J connectivity index is 1.65. The van der Waals surface area contributed by atoms with Gasteiger partial charge in [0.1, 0.15) is 5.75 Å². The number of rotatable bonds is 6. The molecule has 1 heterocycles. The van der Waals surface area contributed by atoms with E-state index in [0.717, 1.165) is 17.0 Å². The predicted octanol–water partition coefficient (Wildman–Crippen LogP) is 2.43. The van der Waals surface area contributed by atoms with Crippen molar-refractivity contribution >= 4 is 35.1 Å². The van der Waals surface area contributed by atoms with Gasteiger partial charge in [0.15, 0.2) is 5.69 Å². The van der Waals surface area contributed by atoms with Crippen LogP contribution in [0, 0.1) is 5.21 Å². The van der Waals surface area contributed by atoms with Crippen molar-refractivity contribution in [2.75, 3.05) is 19.1 Å². The second-order valence-electron chi connectivity index (χ2n) is 5.99. The van der Waals surface area contributed by atoms with Gasteiger partial charge in [-0.15, -0.1) is 0 Å². The molecule has 7 nitrogen and oxygen atoms in total. The number of anilines is 1. The van der Waals surface area contributed by atoms with E-state index in [0.29, 0.717) is 11.6 Å². The van der Waals surface area contributed by atoms with E-state index in [9.17, 15) is 10.0 Å². The van der Waals surface area contributed by atoms with Crippen molar-refractivity contribution in [2.24, 2.45) is 0 Å². The maximum atomic E-state index is 12.7. The van der Waals surface area contributed by atoms with Gasteiger partial charge in [0, 0.05) is 17.8 Å². The van der Waals surface area contributed by atoms with E-state index in [1.807, 2.05) is 31.2 Å². The topological polar surface area (TPSA) is 89.3 Å². The van der Waals surface area contributed by atoms with Crippen molar-refractivity contribution in [1.82, 2.24) is 4.90 Å². The van der Waals surface area contributed by atoms with Crippen molar-refractivity contribution in [3.8, 4) is 5.75 Å². The van der Waals surface area contributed by atoms with Crippen molar-refractivity contribution in [2.45, 2.75) is 12.3 Å². The van der Waals surface area contributed by atoms with E-state index in [1.54, 1.807) is 30.2 Å². The molecular weight excluding hydrogens is 366 g/mol. The lowest BCUT2D eigenvalue weighted by Gasteiger charge is -2.21. The molecule has 0 aromatic heterocycles. The number of carbonyl (C=O) groups excluding carboxylic acids is 1. The number of benzene rings is 2. The first-order valence-electron chi connectivity index (χ1n) is 8.38. The molecule has 2 atom stereocenters. The van der Waals surface area contributed by atoms with Gasteiger partial charge >= 0.3 is 0 Å². The van der Waals surface area contributed by atoms with Crippen LogP contribution in [0.15, 0.2) is 53.4 Å².